The molecule has 9 nitrogen and oxygen atoms in total. The number of halogens is 3. The molecule has 2 heterocycles. The Morgan fingerprint density at radius 2 is 1.51 bits per heavy atom. The number of hydrogen-bond donors (Lipinski definition) is 0. The number of fused-ring (bicyclic) bond motifs is 1. The maximum atomic E-state index is 12.9. The van der Waals surface area contributed by atoms with Crippen LogP contribution in [0, 0.1) is 0 Å². The van der Waals surface area contributed by atoms with Crippen LogP contribution in [-0.2, 0) is 15.7 Å². The highest BCUT2D eigenvalue weighted by Crippen LogP contribution is 2.37. The molecule has 0 amide bonds. The fourth-order valence-corrected chi connectivity index (χ4v) is 3.51. The largest absolute Gasteiger partial charge is 0.487 e. The number of methoxy groups -OCH3 is 2. The van der Waals surface area contributed by atoms with Gasteiger partial charge < -0.3 is 23.5 Å². The number of aromatic nitrogens is 3. The maximum absolute atomic E-state index is 12.9. The summed E-state index contributed by atoms with van der Waals surface area (Å²) in [5.74, 6) is 1.81. The highest BCUT2D eigenvalue weighted by atomic mass is 19.4. The van der Waals surface area contributed by atoms with Crippen LogP contribution in [0.3, 0.4) is 0 Å². The number of hydrogen-bond acceptors (Lipinski definition) is 9. The van der Waals surface area contributed by atoms with Gasteiger partial charge in [-0.3, -0.25) is 4.90 Å². The molecule has 0 saturated carbocycles. The van der Waals surface area contributed by atoms with Crippen molar-refractivity contribution in [3.8, 4) is 22.8 Å². The van der Waals surface area contributed by atoms with E-state index in [-0.39, 0.29) is 0 Å². The molecule has 0 unspecified atom stereocenters. The lowest BCUT2D eigenvalue weighted by Gasteiger charge is -2.18. The molecule has 37 heavy (non-hydrogen) atoms. The molecule has 2 aromatic carbocycles. The minimum atomic E-state index is -4.41. The van der Waals surface area contributed by atoms with E-state index in [2.05, 4.69) is 15.1 Å². The Morgan fingerprint density at radius 1 is 0.865 bits per heavy atom. The molecular weight excluding hydrogens is 493 g/mol. The predicted molar refractivity (Wildman–Crippen MR) is 129 cm³/mol. The van der Waals surface area contributed by atoms with E-state index in [0.29, 0.717) is 71.8 Å². The summed E-state index contributed by atoms with van der Waals surface area (Å²) in [6, 6.07) is 9.84. The number of benzene rings is 2. The molecular formula is C25H25F3N4O5. The minimum absolute atomic E-state index is 0.306. The predicted octanol–water partition coefficient (Wildman–Crippen LogP) is 5.12. The SMILES string of the molecule is COCCOc1cc2ncnc(N(C)c3cc(-c4ccc(C(F)(F)F)cc4)no3)c2cc1OCCOC. The van der Waals surface area contributed by atoms with Gasteiger partial charge in [0, 0.05) is 44.3 Å². The molecule has 0 spiro atoms. The third-order valence-electron chi connectivity index (χ3n) is 5.42. The van der Waals surface area contributed by atoms with Gasteiger partial charge in [0.05, 0.1) is 24.3 Å². The van der Waals surface area contributed by atoms with E-state index in [1.807, 2.05) is 0 Å². The summed E-state index contributed by atoms with van der Waals surface area (Å²) < 4.78 is 66.0. The Balaban J connectivity index is 1.64. The van der Waals surface area contributed by atoms with Gasteiger partial charge in [-0.05, 0) is 18.2 Å². The van der Waals surface area contributed by atoms with E-state index >= 15 is 0 Å². The zero-order chi connectivity index (χ0) is 26.4. The first-order valence-corrected chi connectivity index (χ1v) is 11.2. The Kier molecular flexibility index (Phi) is 8.09. The quantitative estimate of drug-likeness (QED) is 0.251. The highest BCUT2D eigenvalue weighted by Gasteiger charge is 2.30. The van der Waals surface area contributed by atoms with Gasteiger partial charge in [0.1, 0.15) is 31.1 Å². The normalized spacial score (nSPS) is 11.6. The number of rotatable bonds is 11. The van der Waals surface area contributed by atoms with E-state index in [9.17, 15) is 13.2 Å². The second-order valence-corrected chi connectivity index (χ2v) is 7.88. The second kappa shape index (κ2) is 11.4. The van der Waals surface area contributed by atoms with E-state index in [1.54, 1.807) is 44.4 Å². The molecule has 4 rings (SSSR count). The van der Waals surface area contributed by atoms with Crippen molar-refractivity contribution in [1.82, 2.24) is 15.1 Å². The molecule has 0 saturated heterocycles. The molecule has 0 aliphatic carbocycles. The Hall–Kier alpha value is -3.90. The molecule has 196 valence electrons. The minimum Gasteiger partial charge on any atom is -0.487 e. The van der Waals surface area contributed by atoms with Crippen molar-refractivity contribution in [1.29, 1.82) is 0 Å². The zero-order valence-electron chi connectivity index (χ0n) is 20.4. The summed E-state index contributed by atoms with van der Waals surface area (Å²) in [6.45, 7) is 1.42. The third kappa shape index (κ3) is 6.09. The first-order chi connectivity index (χ1) is 17.8. The van der Waals surface area contributed by atoms with Gasteiger partial charge in [-0.2, -0.15) is 13.2 Å². The molecule has 0 aliphatic heterocycles. The Labute approximate surface area is 210 Å². The van der Waals surface area contributed by atoms with Crippen LogP contribution >= 0.6 is 0 Å². The lowest BCUT2D eigenvalue weighted by Crippen LogP contribution is -2.12. The van der Waals surface area contributed by atoms with E-state index in [1.165, 1.54) is 18.5 Å². The van der Waals surface area contributed by atoms with Crippen LogP contribution in [0.2, 0.25) is 0 Å². The van der Waals surface area contributed by atoms with Crippen LogP contribution in [0.1, 0.15) is 5.56 Å². The van der Waals surface area contributed by atoms with Crippen LogP contribution < -0.4 is 14.4 Å². The van der Waals surface area contributed by atoms with Gasteiger partial charge in [-0.1, -0.05) is 17.3 Å². The molecule has 0 N–H and O–H groups in total. The van der Waals surface area contributed by atoms with Crippen LogP contribution in [0.4, 0.5) is 24.9 Å². The van der Waals surface area contributed by atoms with Crippen LogP contribution in [0.25, 0.3) is 22.2 Å². The number of ether oxygens (including phenoxy) is 4. The number of nitrogens with zero attached hydrogens (tertiary/aromatic N) is 4. The Morgan fingerprint density at radius 3 is 2.14 bits per heavy atom. The van der Waals surface area contributed by atoms with Crippen molar-refractivity contribution in [2.75, 3.05) is 52.6 Å². The van der Waals surface area contributed by atoms with Crippen LogP contribution in [0.5, 0.6) is 11.5 Å². The van der Waals surface area contributed by atoms with Crippen molar-refractivity contribution in [3.63, 3.8) is 0 Å². The third-order valence-corrected chi connectivity index (χ3v) is 5.42. The summed E-state index contributed by atoms with van der Waals surface area (Å²) in [6.07, 6.45) is -3.01. The molecule has 0 radical (unpaired) electrons. The van der Waals surface area contributed by atoms with E-state index in [0.717, 1.165) is 12.1 Å². The van der Waals surface area contributed by atoms with Crippen molar-refractivity contribution in [2.24, 2.45) is 0 Å². The van der Waals surface area contributed by atoms with Gasteiger partial charge >= 0.3 is 6.18 Å². The van der Waals surface area contributed by atoms with Crippen molar-refractivity contribution >= 4 is 22.6 Å². The lowest BCUT2D eigenvalue weighted by atomic mass is 10.1. The average Bonchev–Trinajstić information content (AvgIpc) is 3.38. The van der Waals surface area contributed by atoms with Crippen LogP contribution in [0.15, 0.2) is 53.3 Å². The Bertz CT molecular complexity index is 1330. The lowest BCUT2D eigenvalue weighted by molar-refractivity contribution is -0.137. The highest BCUT2D eigenvalue weighted by molar-refractivity contribution is 5.93. The zero-order valence-corrected chi connectivity index (χ0v) is 20.4. The standard InChI is InChI=1S/C25H25F3N4O5/c1-32(23-14-19(31-37-23)16-4-6-17(7-5-16)25(26,27)28)24-18-12-21(35-10-8-33-2)22(36-11-9-34-3)13-20(18)29-15-30-24/h4-7,12-15H,8-11H2,1-3H3. The molecule has 0 atom stereocenters. The second-order valence-electron chi connectivity index (χ2n) is 7.88. The van der Waals surface area contributed by atoms with E-state index < -0.39 is 11.7 Å². The molecule has 12 heteroatoms. The topological polar surface area (TPSA) is 92.0 Å². The molecule has 2 aromatic heterocycles. The first-order valence-electron chi connectivity index (χ1n) is 11.2. The number of alkyl halides is 3. The van der Waals surface area contributed by atoms with Crippen LogP contribution in [-0.4, -0.2) is 62.8 Å². The fraction of sp³-hybridized carbons (Fsp3) is 0.320. The van der Waals surface area contributed by atoms with Crippen molar-refractivity contribution in [2.45, 2.75) is 6.18 Å². The summed E-state index contributed by atoms with van der Waals surface area (Å²) in [4.78, 5) is 10.4. The van der Waals surface area contributed by atoms with Gasteiger partial charge in [0.25, 0.3) is 0 Å². The van der Waals surface area contributed by atoms with Crippen molar-refractivity contribution in [3.05, 3.63) is 54.4 Å². The molecule has 0 aliphatic rings. The first kappa shape index (κ1) is 26.2. The molecule has 0 bridgehead atoms. The fourth-order valence-electron chi connectivity index (χ4n) is 3.51. The maximum Gasteiger partial charge on any atom is 0.416 e. The summed E-state index contributed by atoms with van der Waals surface area (Å²) in [5, 5.41) is 4.67. The smallest absolute Gasteiger partial charge is 0.416 e. The summed E-state index contributed by atoms with van der Waals surface area (Å²) in [7, 11) is 4.89. The number of anilines is 2. The average molecular weight is 518 g/mol. The van der Waals surface area contributed by atoms with Gasteiger partial charge in [-0.15, -0.1) is 0 Å². The summed E-state index contributed by atoms with van der Waals surface area (Å²) >= 11 is 0. The summed E-state index contributed by atoms with van der Waals surface area (Å²) in [5.41, 5.74) is 0.728. The molecule has 0 fully saturated rings. The van der Waals surface area contributed by atoms with Gasteiger partial charge in [0.2, 0.25) is 5.88 Å². The van der Waals surface area contributed by atoms with Gasteiger partial charge in [-0.25, -0.2) is 9.97 Å². The monoisotopic (exact) mass is 518 g/mol. The van der Waals surface area contributed by atoms with Crippen molar-refractivity contribution < 1.29 is 36.6 Å². The van der Waals surface area contributed by atoms with E-state index in [4.69, 9.17) is 23.5 Å². The molecule has 4 aromatic rings. The van der Waals surface area contributed by atoms with Gasteiger partial charge in [0.15, 0.2) is 11.5 Å².